The zero-order valence-corrected chi connectivity index (χ0v) is 23.3. The van der Waals surface area contributed by atoms with E-state index in [9.17, 15) is 8.78 Å². The lowest BCUT2D eigenvalue weighted by Gasteiger charge is -2.29. The summed E-state index contributed by atoms with van der Waals surface area (Å²) in [6, 6.07) is 13.1. The highest BCUT2D eigenvalue weighted by atomic mass is 19.2. The Kier molecular flexibility index (Phi) is 10.7. The zero-order valence-electron chi connectivity index (χ0n) is 23.3. The fourth-order valence-corrected chi connectivity index (χ4v) is 5.08. The number of halogens is 4. The maximum atomic E-state index is 15.2. The number of hydrogen-bond acceptors (Lipinski definition) is 3. The Bertz CT molecular complexity index is 1240. The van der Waals surface area contributed by atoms with Gasteiger partial charge in [-0.25, -0.2) is 8.78 Å². The van der Waals surface area contributed by atoms with Gasteiger partial charge >= 0.3 is 0 Å². The molecule has 0 spiro atoms. The Labute approximate surface area is 234 Å². The highest BCUT2D eigenvalue weighted by Crippen LogP contribution is 2.39. The second-order valence-corrected chi connectivity index (χ2v) is 10.5. The van der Waals surface area contributed by atoms with Crippen molar-refractivity contribution < 1.29 is 31.8 Å². The van der Waals surface area contributed by atoms with E-state index in [1.807, 2.05) is 6.92 Å². The SMILES string of the molecule is CCCCOc1ccc(-c2ccc(C3CCC(COc4ccc(OCCCC)c(F)c4F)CC3)c(F)c2F)cc1. The van der Waals surface area contributed by atoms with E-state index in [1.54, 1.807) is 36.4 Å². The van der Waals surface area contributed by atoms with Crippen LogP contribution in [0.25, 0.3) is 11.1 Å². The number of ether oxygens (including phenoxy) is 3. The van der Waals surface area contributed by atoms with Gasteiger partial charge in [0.2, 0.25) is 11.6 Å². The average Bonchev–Trinajstić information content (AvgIpc) is 2.97. The second-order valence-electron chi connectivity index (χ2n) is 10.5. The molecular weight excluding hydrogens is 520 g/mol. The van der Waals surface area contributed by atoms with Crippen molar-refractivity contribution in [1.82, 2.24) is 0 Å². The standard InChI is InChI=1S/C33H38F4O3/c1-3-5-19-38-25-13-11-24(12-14-25)27-16-15-26(30(34)31(27)35)23-9-7-22(8-10-23)21-40-29-18-17-28(32(36)33(29)37)39-20-6-4-2/h11-18,22-23H,3-10,19-21H2,1-2H3. The molecule has 40 heavy (non-hydrogen) atoms. The third-order valence-corrected chi connectivity index (χ3v) is 7.57. The molecule has 0 aromatic heterocycles. The van der Waals surface area contributed by atoms with Gasteiger partial charge in [0.25, 0.3) is 0 Å². The summed E-state index contributed by atoms with van der Waals surface area (Å²) >= 11 is 0. The molecule has 7 heteroatoms. The summed E-state index contributed by atoms with van der Waals surface area (Å²) in [6.07, 6.45) is 6.40. The molecule has 3 nitrogen and oxygen atoms in total. The Morgan fingerprint density at radius 2 is 1.23 bits per heavy atom. The van der Waals surface area contributed by atoms with E-state index in [2.05, 4.69) is 6.92 Å². The average molecular weight is 559 g/mol. The van der Waals surface area contributed by atoms with Crippen molar-refractivity contribution in [3.8, 4) is 28.4 Å². The molecule has 0 heterocycles. The lowest BCUT2D eigenvalue weighted by Crippen LogP contribution is -2.20. The lowest BCUT2D eigenvalue weighted by atomic mass is 9.78. The van der Waals surface area contributed by atoms with E-state index >= 15 is 8.78 Å². The van der Waals surface area contributed by atoms with Gasteiger partial charge in [0.1, 0.15) is 5.75 Å². The molecule has 1 aliphatic rings. The predicted molar refractivity (Wildman–Crippen MR) is 149 cm³/mol. The van der Waals surface area contributed by atoms with E-state index < -0.39 is 23.3 Å². The van der Waals surface area contributed by atoms with Crippen LogP contribution in [0.15, 0.2) is 48.5 Å². The topological polar surface area (TPSA) is 27.7 Å². The van der Waals surface area contributed by atoms with Gasteiger partial charge in [-0.15, -0.1) is 0 Å². The van der Waals surface area contributed by atoms with Crippen LogP contribution in [0.2, 0.25) is 0 Å². The molecule has 0 atom stereocenters. The predicted octanol–water partition coefficient (Wildman–Crippen LogP) is 9.62. The molecule has 0 radical (unpaired) electrons. The maximum absolute atomic E-state index is 15.2. The third-order valence-electron chi connectivity index (χ3n) is 7.57. The maximum Gasteiger partial charge on any atom is 0.204 e. The molecule has 0 unspecified atom stereocenters. The quantitative estimate of drug-likeness (QED) is 0.154. The summed E-state index contributed by atoms with van der Waals surface area (Å²) in [7, 11) is 0. The molecule has 4 rings (SSSR count). The van der Waals surface area contributed by atoms with Crippen molar-refractivity contribution in [1.29, 1.82) is 0 Å². The van der Waals surface area contributed by atoms with Crippen LogP contribution in [0.4, 0.5) is 17.6 Å². The summed E-state index contributed by atoms with van der Waals surface area (Å²) < 4.78 is 75.7. The summed E-state index contributed by atoms with van der Waals surface area (Å²) in [4.78, 5) is 0. The van der Waals surface area contributed by atoms with Crippen molar-refractivity contribution in [2.45, 2.75) is 71.1 Å². The summed E-state index contributed by atoms with van der Waals surface area (Å²) in [6.45, 7) is 5.25. The van der Waals surface area contributed by atoms with Crippen molar-refractivity contribution in [3.05, 3.63) is 77.4 Å². The Balaban J connectivity index is 1.32. The third kappa shape index (κ3) is 7.29. The van der Waals surface area contributed by atoms with Crippen LogP contribution in [-0.4, -0.2) is 19.8 Å². The Hall–Kier alpha value is -3.22. The highest BCUT2D eigenvalue weighted by Gasteiger charge is 2.27. The van der Waals surface area contributed by atoms with Gasteiger partial charge in [-0.3, -0.25) is 0 Å². The minimum atomic E-state index is -1.06. The molecule has 0 aliphatic heterocycles. The molecule has 3 aromatic rings. The normalized spacial score (nSPS) is 17.1. The van der Waals surface area contributed by atoms with Gasteiger partial charge < -0.3 is 14.2 Å². The fourth-order valence-electron chi connectivity index (χ4n) is 5.08. The molecule has 1 saturated carbocycles. The first-order valence-corrected chi connectivity index (χ1v) is 14.4. The largest absolute Gasteiger partial charge is 0.494 e. The van der Waals surface area contributed by atoms with Gasteiger partial charge in [0.15, 0.2) is 23.1 Å². The first kappa shape index (κ1) is 29.8. The van der Waals surface area contributed by atoms with Crippen molar-refractivity contribution >= 4 is 0 Å². The van der Waals surface area contributed by atoms with E-state index in [-0.39, 0.29) is 35.5 Å². The number of hydrogen-bond donors (Lipinski definition) is 0. The van der Waals surface area contributed by atoms with E-state index in [4.69, 9.17) is 14.2 Å². The van der Waals surface area contributed by atoms with Gasteiger partial charge in [-0.1, -0.05) is 51.0 Å². The number of benzene rings is 3. The molecule has 216 valence electrons. The van der Waals surface area contributed by atoms with Crippen molar-refractivity contribution in [3.63, 3.8) is 0 Å². The fraction of sp³-hybridized carbons (Fsp3) is 0.455. The van der Waals surface area contributed by atoms with Crippen LogP contribution in [0, 0.1) is 29.2 Å². The van der Waals surface area contributed by atoms with Gasteiger partial charge in [-0.05, 0) is 85.8 Å². The molecule has 0 bridgehead atoms. The summed E-state index contributed by atoms with van der Waals surface area (Å²) in [5.41, 5.74) is 1.20. The van der Waals surface area contributed by atoms with Crippen molar-refractivity contribution in [2.75, 3.05) is 19.8 Å². The van der Waals surface area contributed by atoms with Gasteiger partial charge in [0.05, 0.1) is 19.8 Å². The number of rotatable bonds is 13. The summed E-state index contributed by atoms with van der Waals surface area (Å²) in [5.74, 6) is -3.31. The van der Waals surface area contributed by atoms with Crippen molar-refractivity contribution in [2.24, 2.45) is 5.92 Å². The second kappa shape index (κ2) is 14.4. The lowest BCUT2D eigenvalue weighted by molar-refractivity contribution is 0.190. The van der Waals surface area contributed by atoms with Crippen LogP contribution < -0.4 is 14.2 Å². The molecule has 1 aliphatic carbocycles. The van der Waals surface area contributed by atoms with Crippen LogP contribution >= 0.6 is 0 Å². The van der Waals surface area contributed by atoms with E-state index in [0.29, 0.717) is 42.9 Å². The van der Waals surface area contributed by atoms with Gasteiger partial charge in [0, 0.05) is 5.56 Å². The van der Waals surface area contributed by atoms with Crippen LogP contribution in [0.5, 0.6) is 17.2 Å². The monoisotopic (exact) mass is 558 g/mol. The van der Waals surface area contributed by atoms with Crippen LogP contribution in [-0.2, 0) is 0 Å². The molecule has 0 saturated heterocycles. The minimum Gasteiger partial charge on any atom is -0.494 e. The highest BCUT2D eigenvalue weighted by molar-refractivity contribution is 5.65. The molecule has 0 N–H and O–H groups in total. The molecular formula is C33H38F4O3. The molecule has 0 amide bonds. The smallest absolute Gasteiger partial charge is 0.204 e. The molecule has 1 fully saturated rings. The van der Waals surface area contributed by atoms with Crippen LogP contribution in [0.3, 0.4) is 0 Å². The first-order chi connectivity index (χ1) is 19.4. The first-order valence-electron chi connectivity index (χ1n) is 14.4. The minimum absolute atomic E-state index is 0.108. The van der Waals surface area contributed by atoms with E-state index in [0.717, 1.165) is 38.5 Å². The van der Waals surface area contributed by atoms with Crippen LogP contribution in [0.1, 0.15) is 76.7 Å². The van der Waals surface area contributed by atoms with Gasteiger partial charge in [-0.2, -0.15) is 8.78 Å². The Morgan fingerprint density at radius 1 is 0.625 bits per heavy atom. The van der Waals surface area contributed by atoms with E-state index in [1.165, 1.54) is 12.1 Å². The zero-order chi connectivity index (χ0) is 28.5. The number of unbranched alkanes of at least 4 members (excludes halogenated alkanes) is 2. The Morgan fingerprint density at radius 3 is 1.85 bits per heavy atom. The molecule has 3 aromatic carbocycles. The summed E-state index contributed by atoms with van der Waals surface area (Å²) in [5, 5.41) is 0.